The van der Waals surface area contributed by atoms with Crippen LogP contribution in [0.3, 0.4) is 0 Å². The van der Waals surface area contributed by atoms with E-state index in [0.717, 1.165) is 5.56 Å². The number of nitrogen functional groups attached to an aromatic ring is 1. The topological polar surface area (TPSA) is 38.9 Å². The molecule has 1 aromatic rings. The molecule has 0 aliphatic heterocycles. The second kappa shape index (κ2) is 1.96. The number of aromatic nitrogens is 1. The van der Waals surface area contributed by atoms with E-state index in [1.165, 1.54) is 11.5 Å². The Labute approximate surface area is 51.8 Å². The van der Waals surface area contributed by atoms with Gasteiger partial charge in [0.2, 0.25) is 0 Å². The van der Waals surface area contributed by atoms with Gasteiger partial charge in [-0.1, -0.05) is 12.7 Å². The van der Waals surface area contributed by atoms with E-state index in [2.05, 4.69) is 11.0 Å². The SMILES string of the molecule is C=Cc1csnc1N. The van der Waals surface area contributed by atoms with Crippen LogP contribution in [-0.4, -0.2) is 4.37 Å². The van der Waals surface area contributed by atoms with Crippen LogP contribution in [0.4, 0.5) is 5.82 Å². The molecule has 42 valence electrons. The van der Waals surface area contributed by atoms with Crippen LogP contribution in [0.15, 0.2) is 12.0 Å². The average molecular weight is 126 g/mol. The molecular formula is C5H6N2S. The van der Waals surface area contributed by atoms with Crippen LogP contribution in [0.5, 0.6) is 0 Å². The van der Waals surface area contributed by atoms with Crippen molar-refractivity contribution in [3.63, 3.8) is 0 Å². The zero-order valence-electron chi connectivity index (χ0n) is 4.29. The molecule has 0 bridgehead atoms. The maximum atomic E-state index is 5.38. The van der Waals surface area contributed by atoms with Crippen LogP contribution in [0.2, 0.25) is 0 Å². The highest BCUT2D eigenvalue weighted by Gasteiger charge is 1.92. The largest absolute Gasteiger partial charge is 0.382 e. The van der Waals surface area contributed by atoms with E-state index in [-0.39, 0.29) is 0 Å². The molecule has 0 unspecified atom stereocenters. The summed E-state index contributed by atoms with van der Waals surface area (Å²) in [6.07, 6.45) is 1.69. The Morgan fingerprint density at radius 2 is 2.62 bits per heavy atom. The first-order chi connectivity index (χ1) is 3.84. The Balaban J connectivity index is 3.09. The first-order valence-electron chi connectivity index (χ1n) is 2.17. The van der Waals surface area contributed by atoms with Crippen LogP contribution in [0.25, 0.3) is 6.08 Å². The van der Waals surface area contributed by atoms with E-state index >= 15 is 0 Å². The zero-order valence-corrected chi connectivity index (χ0v) is 5.11. The first kappa shape index (κ1) is 5.31. The third-order valence-electron chi connectivity index (χ3n) is 0.846. The van der Waals surface area contributed by atoms with E-state index < -0.39 is 0 Å². The summed E-state index contributed by atoms with van der Waals surface area (Å²) >= 11 is 1.34. The standard InChI is InChI=1S/C5H6N2S/c1-2-4-3-8-7-5(4)6/h2-3H,1H2,(H2,6,7). The van der Waals surface area contributed by atoms with Crippen molar-refractivity contribution in [2.45, 2.75) is 0 Å². The van der Waals surface area contributed by atoms with Crippen LogP contribution in [0.1, 0.15) is 5.56 Å². The predicted molar refractivity (Wildman–Crippen MR) is 36.6 cm³/mol. The number of hydrogen-bond acceptors (Lipinski definition) is 3. The molecule has 0 saturated carbocycles. The number of hydrogen-bond donors (Lipinski definition) is 1. The zero-order chi connectivity index (χ0) is 5.98. The van der Waals surface area contributed by atoms with Gasteiger partial charge in [-0.15, -0.1) is 0 Å². The lowest BCUT2D eigenvalue weighted by Gasteiger charge is -1.81. The Morgan fingerprint density at radius 3 is 2.88 bits per heavy atom. The summed E-state index contributed by atoms with van der Waals surface area (Å²) in [6, 6.07) is 0. The summed E-state index contributed by atoms with van der Waals surface area (Å²) in [4.78, 5) is 0. The lowest BCUT2D eigenvalue weighted by Crippen LogP contribution is -1.84. The Morgan fingerprint density at radius 1 is 1.88 bits per heavy atom. The molecule has 0 atom stereocenters. The molecule has 0 fully saturated rings. The molecule has 0 amide bonds. The van der Waals surface area contributed by atoms with Crippen LogP contribution < -0.4 is 5.73 Å². The van der Waals surface area contributed by atoms with E-state index in [0.29, 0.717) is 5.82 Å². The van der Waals surface area contributed by atoms with Gasteiger partial charge in [0.15, 0.2) is 0 Å². The second-order valence-electron chi connectivity index (χ2n) is 1.36. The molecule has 3 heteroatoms. The molecule has 8 heavy (non-hydrogen) atoms. The summed E-state index contributed by atoms with van der Waals surface area (Å²) in [5.41, 5.74) is 6.31. The highest BCUT2D eigenvalue weighted by molar-refractivity contribution is 7.04. The molecule has 0 aliphatic rings. The van der Waals surface area contributed by atoms with Crippen LogP contribution >= 0.6 is 11.5 Å². The minimum atomic E-state index is 0.574. The average Bonchev–Trinajstić information content (AvgIpc) is 2.14. The Kier molecular flexibility index (Phi) is 1.30. The van der Waals surface area contributed by atoms with Crippen molar-refractivity contribution < 1.29 is 0 Å². The van der Waals surface area contributed by atoms with E-state index in [9.17, 15) is 0 Å². The van der Waals surface area contributed by atoms with E-state index in [1.54, 1.807) is 6.08 Å². The fourth-order valence-corrected chi connectivity index (χ4v) is 1.01. The van der Waals surface area contributed by atoms with Gasteiger partial charge >= 0.3 is 0 Å². The predicted octanol–water partition coefficient (Wildman–Crippen LogP) is 1.37. The van der Waals surface area contributed by atoms with Crippen molar-refractivity contribution in [3.05, 3.63) is 17.5 Å². The summed E-state index contributed by atoms with van der Waals surface area (Å²) in [6.45, 7) is 3.55. The van der Waals surface area contributed by atoms with Crippen molar-refractivity contribution in [1.82, 2.24) is 4.37 Å². The van der Waals surface area contributed by atoms with Crippen LogP contribution in [-0.2, 0) is 0 Å². The van der Waals surface area contributed by atoms with Crippen molar-refractivity contribution >= 4 is 23.4 Å². The monoisotopic (exact) mass is 126 g/mol. The number of anilines is 1. The molecule has 0 radical (unpaired) electrons. The summed E-state index contributed by atoms with van der Waals surface area (Å²) in [7, 11) is 0. The highest BCUT2D eigenvalue weighted by Crippen LogP contribution is 2.12. The lowest BCUT2D eigenvalue weighted by atomic mass is 10.3. The molecule has 0 spiro atoms. The number of rotatable bonds is 1. The van der Waals surface area contributed by atoms with Gasteiger partial charge in [-0.25, -0.2) is 0 Å². The molecule has 1 heterocycles. The summed E-state index contributed by atoms with van der Waals surface area (Å²) < 4.78 is 3.84. The van der Waals surface area contributed by atoms with E-state index in [1.807, 2.05) is 5.38 Å². The number of nitrogens with two attached hydrogens (primary N) is 1. The molecule has 2 nitrogen and oxygen atoms in total. The van der Waals surface area contributed by atoms with Crippen LogP contribution in [0, 0.1) is 0 Å². The molecule has 2 N–H and O–H groups in total. The molecule has 0 aliphatic carbocycles. The number of nitrogens with zero attached hydrogens (tertiary/aromatic N) is 1. The van der Waals surface area contributed by atoms with E-state index in [4.69, 9.17) is 5.73 Å². The summed E-state index contributed by atoms with van der Waals surface area (Å²) in [5.74, 6) is 0.574. The van der Waals surface area contributed by atoms with Gasteiger partial charge in [-0.2, -0.15) is 4.37 Å². The van der Waals surface area contributed by atoms with Crippen molar-refractivity contribution in [2.75, 3.05) is 5.73 Å². The van der Waals surface area contributed by atoms with Crippen molar-refractivity contribution in [2.24, 2.45) is 0 Å². The molecule has 1 aromatic heterocycles. The van der Waals surface area contributed by atoms with Gasteiger partial charge in [-0.3, -0.25) is 0 Å². The normalized spacial score (nSPS) is 9.00. The van der Waals surface area contributed by atoms with Gasteiger partial charge in [0, 0.05) is 10.9 Å². The minimum Gasteiger partial charge on any atom is -0.382 e. The van der Waals surface area contributed by atoms with Gasteiger partial charge in [0.1, 0.15) is 5.82 Å². The first-order valence-corrected chi connectivity index (χ1v) is 3.00. The second-order valence-corrected chi connectivity index (χ2v) is 1.99. The van der Waals surface area contributed by atoms with Gasteiger partial charge in [-0.05, 0) is 11.5 Å². The fourth-order valence-electron chi connectivity index (χ4n) is 0.406. The lowest BCUT2D eigenvalue weighted by molar-refractivity contribution is 1.55. The molecule has 1 rings (SSSR count). The van der Waals surface area contributed by atoms with Gasteiger partial charge < -0.3 is 5.73 Å². The third kappa shape index (κ3) is 0.721. The third-order valence-corrected chi connectivity index (χ3v) is 1.51. The maximum absolute atomic E-state index is 5.38. The molecular weight excluding hydrogens is 120 g/mol. The molecule has 0 saturated heterocycles. The van der Waals surface area contributed by atoms with Gasteiger partial charge in [0.25, 0.3) is 0 Å². The minimum absolute atomic E-state index is 0.574. The Bertz CT molecular complexity index is 192. The smallest absolute Gasteiger partial charge is 0.144 e. The highest BCUT2D eigenvalue weighted by atomic mass is 32.1. The maximum Gasteiger partial charge on any atom is 0.144 e. The Hall–Kier alpha value is -0.830. The van der Waals surface area contributed by atoms with Gasteiger partial charge in [0.05, 0.1) is 0 Å². The quantitative estimate of drug-likeness (QED) is 0.617. The van der Waals surface area contributed by atoms with Crippen molar-refractivity contribution in [3.8, 4) is 0 Å². The van der Waals surface area contributed by atoms with Crippen molar-refractivity contribution in [1.29, 1.82) is 0 Å². The fraction of sp³-hybridized carbons (Fsp3) is 0. The molecule has 0 aromatic carbocycles. The summed E-state index contributed by atoms with van der Waals surface area (Å²) in [5, 5.41) is 1.86.